The number of hydrogen-bond donors (Lipinski definition) is 2. The molecule has 1 atom stereocenters. The van der Waals surface area contributed by atoms with Crippen LogP contribution in [0.25, 0.3) is 0 Å². The summed E-state index contributed by atoms with van der Waals surface area (Å²) in [5.74, 6) is 0.599. The summed E-state index contributed by atoms with van der Waals surface area (Å²) in [5, 5.41) is 6.22. The first kappa shape index (κ1) is 15.5. The standard InChI is InChI=1S/C13H21ClN2OS/c1-9(2)8-16-13(17)6-7-15-10(3)11-4-5-12(14)18-11/h4-5,9-10,15H,6-8H2,1-3H3,(H,16,17). The van der Waals surface area contributed by atoms with E-state index in [-0.39, 0.29) is 11.9 Å². The third-order valence-electron chi connectivity index (χ3n) is 2.53. The van der Waals surface area contributed by atoms with E-state index >= 15 is 0 Å². The number of carbonyl (C=O) groups is 1. The van der Waals surface area contributed by atoms with Gasteiger partial charge in [-0.25, -0.2) is 0 Å². The molecule has 1 heterocycles. The van der Waals surface area contributed by atoms with E-state index in [1.165, 1.54) is 4.88 Å². The highest BCUT2D eigenvalue weighted by Crippen LogP contribution is 2.26. The van der Waals surface area contributed by atoms with E-state index in [0.29, 0.717) is 18.9 Å². The van der Waals surface area contributed by atoms with E-state index < -0.39 is 0 Å². The van der Waals surface area contributed by atoms with Crippen LogP contribution in [0.15, 0.2) is 12.1 Å². The fourth-order valence-electron chi connectivity index (χ4n) is 1.47. The van der Waals surface area contributed by atoms with Crippen LogP contribution in [0.1, 0.15) is 38.1 Å². The summed E-state index contributed by atoms with van der Waals surface area (Å²) in [6, 6.07) is 4.15. The molecule has 1 rings (SSSR count). The lowest BCUT2D eigenvalue weighted by atomic mass is 10.2. The van der Waals surface area contributed by atoms with Gasteiger partial charge < -0.3 is 10.6 Å². The minimum Gasteiger partial charge on any atom is -0.356 e. The Hall–Kier alpha value is -0.580. The third kappa shape index (κ3) is 5.85. The van der Waals surface area contributed by atoms with Gasteiger partial charge in [0, 0.05) is 30.4 Å². The number of nitrogens with one attached hydrogen (secondary N) is 2. The summed E-state index contributed by atoms with van der Waals surface area (Å²) in [4.78, 5) is 12.7. The molecule has 0 fully saturated rings. The third-order valence-corrected chi connectivity index (χ3v) is 3.94. The van der Waals surface area contributed by atoms with Gasteiger partial charge in [-0.05, 0) is 25.0 Å². The Morgan fingerprint density at radius 1 is 1.39 bits per heavy atom. The first-order valence-corrected chi connectivity index (χ1v) is 7.43. The first-order chi connectivity index (χ1) is 8.49. The summed E-state index contributed by atoms with van der Waals surface area (Å²) in [6.07, 6.45) is 0.510. The molecule has 0 aliphatic rings. The maximum Gasteiger partial charge on any atom is 0.221 e. The lowest BCUT2D eigenvalue weighted by molar-refractivity contribution is -0.121. The maximum atomic E-state index is 11.5. The normalized spacial score (nSPS) is 12.7. The number of halogens is 1. The molecule has 18 heavy (non-hydrogen) atoms. The van der Waals surface area contributed by atoms with Crippen LogP contribution in [-0.2, 0) is 4.79 Å². The van der Waals surface area contributed by atoms with Crippen molar-refractivity contribution in [2.24, 2.45) is 5.92 Å². The molecule has 0 bridgehead atoms. The van der Waals surface area contributed by atoms with Crippen LogP contribution in [-0.4, -0.2) is 19.0 Å². The zero-order chi connectivity index (χ0) is 13.5. The van der Waals surface area contributed by atoms with E-state index in [1.807, 2.05) is 12.1 Å². The molecule has 102 valence electrons. The maximum absolute atomic E-state index is 11.5. The van der Waals surface area contributed by atoms with Crippen molar-refractivity contribution in [1.82, 2.24) is 10.6 Å². The van der Waals surface area contributed by atoms with E-state index in [9.17, 15) is 4.79 Å². The number of amides is 1. The molecule has 1 aromatic heterocycles. The van der Waals surface area contributed by atoms with Crippen LogP contribution in [0, 0.1) is 5.92 Å². The predicted molar refractivity (Wildman–Crippen MR) is 78.2 cm³/mol. The van der Waals surface area contributed by atoms with Gasteiger partial charge in [0.25, 0.3) is 0 Å². The van der Waals surface area contributed by atoms with Crippen LogP contribution >= 0.6 is 22.9 Å². The van der Waals surface area contributed by atoms with Crippen molar-refractivity contribution in [1.29, 1.82) is 0 Å². The molecule has 0 spiro atoms. The van der Waals surface area contributed by atoms with Gasteiger partial charge in [-0.3, -0.25) is 4.79 Å². The Bertz CT molecular complexity index is 379. The Kier molecular flexibility index (Phi) is 6.68. The van der Waals surface area contributed by atoms with Crippen LogP contribution in [0.4, 0.5) is 0 Å². The molecule has 0 aromatic carbocycles. The second kappa shape index (κ2) is 7.77. The fourth-order valence-corrected chi connectivity index (χ4v) is 2.56. The van der Waals surface area contributed by atoms with Crippen LogP contribution in [0.2, 0.25) is 4.34 Å². The van der Waals surface area contributed by atoms with Gasteiger partial charge in [-0.2, -0.15) is 0 Å². The van der Waals surface area contributed by atoms with Crippen LogP contribution in [0.5, 0.6) is 0 Å². The molecule has 5 heteroatoms. The van der Waals surface area contributed by atoms with Crippen molar-refractivity contribution in [3.8, 4) is 0 Å². The van der Waals surface area contributed by atoms with Crippen molar-refractivity contribution in [2.45, 2.75) is 33.2 Å². The van der Waals surface area contributed by atoms with Gasteiger partial charge in [0.1, 0.15) is 0 Å². The Morgan fingerprint density at radius 3 is 2.67 bits per heavy atom. The topological polar surface area (TPSA) is 41.1 Å². The van der Waals surface area contributed by atoms with E-state index in [0.717, 1.165) is 10.9 Å². The lowest BCUT2D eigenvalue weighted by Crippen LogP contribution is -2.30. The molecule has 0 saturated heterocycles. The lowest BCUT2D eigenvalue weighted by Gasteiger charge is -2.12. The van der Waals surface area contributed by atoms with Crippen LogP contribution < -0.4 is 10.6 Å². The molecule has 2 N–H and O–H groups in total. The smallest absolute Gasteiger partial charge is 0.221 e. The number of rotatable bonds is 7. The molecular formula is C13H21ClN2OS. The highest BCUT2D eigenvalue weighted by molar-refractivity contribution is 7.16. The number of thiophene rings is 1. The minimum absolute atomic E-state index is 0.104. The summed E-state index contributed by atoms with van der Waals surface area (Å²) < 4.78 is 0.799. The monoisotopic (exact) mass is 288 g/mol. The highest BCUT2D eigenvalue weighted by atomic mass is 35.5. The predicted octanol–water partition coefficient (Wildman–Crippen LogP) is 3.21. The second-order valence-corrected chi connectivity index (χ2v) is 6.51. The summed E-state index contributed by atoms with van der Waals surface area (Å²) in [5.41, 5.74) is 0. The van der Waals surface area contributed by atoms with Gasteiger partial charge in [0.15, 0.2) is 0 Å². The zero-order valence-corrected chi connectivity index (χ0v) is 12.7. The van der Waals surface area contributed by atoms with Crippen LogP contribution in [0.3, 0.4) is 0 Å². The highest BCUT2D eigenvalue weighted by Gasteiger charge is 2.08. The molecule has 0 radical (unpaired) electrons. The molecule has 1 amide bonds. The molecule has 1 aromatic rings. The van der Waals surface area contributed by atoms with Crippen molar-refractivity contribution < 1.29 is 4.79 Å². The second-order valence-electron chi connectivity index (χ2n) is 4.77. The van der Waals surface area contributed by atoms with Gasteiger partial charge in [-0.15, -0.1) is 11.3 Å². The molecule has 0 saturated carbocycles. The Labute approximate surface area is 118 Å². The SMILES string of the molecule is CC(C)CNC(=O)CCNC(C)c1ccc(Cl)s1. The van der Waals surface area contributed by atoms with Gasteiger partial charge in [-0.1, -0.05) is 25.4 Å². The molecule has 3 nitrogen and oxygen atoms in total. The molecular weight excluding hydrogens is 268 g/mol. The quantitative estimate of drug-likeness (QED) is 0.809. The zero-order valence-electron chi connectivity index (χ0n) is 11.1. The molecule has 1 unspecified atom stereocenters. The van der Waals surface area contributed by atoms with Gasteiger partial charge in [0.05, 0.1) is 4.34 Å². The average Bonchev–Trinajstić information content (AvgIpc) is 2.73. The number of hydrogen-bond acceptors (Lipinski definition) is 3. The van der Waals surface area contributed by atoms with Crippen molar-refractivity contribution in [3.05, 3.63) is 21.3 Å². The Balaban J connectivity index is 2.19. The molecule has 0 aliphatic carbocycles. The largest absolute Gasteiger partial charge is 0.356 e. The van der Waals surface area contributed by atoms with E-state index in [1.54, 1.807) is 11.3 Å². The van der Waals surface area contributed by atoms with Crippen molar-refractivity contribution in [3.63, 3.8) is 0 Å². The summed E-state index contributed by atoms with van der Waals surface area (Å²) >= 11 is 7.46. The van der Waals surface area contributed by atoms with Gasteiger partial charge >= 0.3 is 0 Å². The average molecular weight is 289 g/mol. The fraction of sp³-hybridized carbons (Fsp3) is 0.615. The molecule has 0 aliphatic heterocycles. The first-order valence-electron chi connectivity index (χ1n) is 6.24. The Morgan fingerprint density at radius 2 is 2.11 bits per heavy atom. The van der Waals surface area contributed by atoms with E-state index in [4.69, 9.17) is 11.6 Å². The van der Waals surface area contributed by atoms with E-state index in [2.05, 4.69) is 31.4 Å². The summed E-state index contributed by atoms with van der Waals surface area (Å²) in [6.45, 7) is 7.67. The van der Waals surface area contributed by atoms with Gasteiger partial charge in [0.2, 0.25) is 5.91 Å². The van der Waals surface area contributed by atoms with Crippen molar-refractivity contribution in [2.75, 3.05) is 13.1 Å². The minimum atomic E-state index is 0.104. The number of carbonyl (C=O) groups excluding carboxylic acids is 1. The summed E-state index contributed by atoms with van der Waals surface area (Å²) in [7, 11) is 0. The van der Waals surface area contributed by atoms with Crippen molar-refractivity contribution >= 4 is 28.8 Å².